The number of hydrogen-bond donors (Lipinski definition) is 0. The maximum atomic E-state index is 14.6. The van der Waals surface area contributed by atoms with E-state index in [0.717, 1.165) is 20.6 Å². The minimum atomic E-state index is -0.828. The maximum absolute atomic E-state index is 14.6. The van der Waals surface area contributed by atoms with Gasteiger partial charge in [-0.15, -0.1) is 0 Å². The highest BCUT2D eigenvalue weighted by Gasteiger charge is 2.36. The van der Waals surface area contributed by atoms with E-state index in [1.54, 1.807) is 35.6 Å². The Hall–Kier alpha value is -5.00. The topological polar surface area (TPSA) is 107 Å². The van der Waals surface area contributed by atoms with Crippen molar-refractivity contribution >= 4 is 51.5 Å². The van der Waals surface area contributed by atoms with Crippen molar-refractivity contribution in [2.45, 2.75) is 36.6 Å². The van der Waals surface area contributed by atoms with Gasteiger partial charge in [-0.2, -0.15) is 0 Å². The molecule has 1 amide bonds. The Morgan fingerprint density at radius 1 is 1.06 bits per heavy atom. The second kappa shape index (κ2) is 13.4. The molecule has 2 heterocycles. The molecule has 9 nitrogen and oxygen atoms in total. The number of ether oxygens (including phenoxy) is 1. The molecule has 0 fully saturated rings. The lowest BCUT2D eigenvalue weighted by Crippen LogP contribution is -2.43. The number of nitrogens with zero attached hydrogens (tertiary/aromatic N) is 4. The van der Waals surface area contributed by atoms with Gasteiger partial charge in [-0.3, -0.25) is 24.3 Å². The summed E-state index contributed by atoms with van der Waals surface area (Å²) in [7, 11) is 1.58. The Kier molecular flexibility index (Phi) is 9.10. The van der Waals surface area contributed by atoms with Gasteiger partial charge in [-0.25, -0.2) is 4.99 Å². The molecule has 0 aliphatic carbocycles. The van der Waals surface area contributed by atoms with E-state index in [2.05, 4.69) is 0 Å². The normalized spacial score (nSPS) is 14.6. The molecule has 0 unspecified atom stereocenters. The van der Waals surface area contributed by atoms with Crippen LogP contribution < -0.4 is 19.6 Å². The number of fused-ring (bicyclic) bond motifs is 2. The number of methoxy groups -OCH3 is 1. The molecule has 5 aromatic rings. The Labute approximate surface area is 279 Å². The molecular weight excluding hydrogens is 633 g/mol. The minimum absolute atomic E-state index is 0.0808. The fourth-order valence-corrected chi connectivity index (χ4v) is 7.85. The van der Waals surface area contributed by atoms with Crippen molar-refractivity contribution in [2.75, 3.05) is 20.2 Å². The van der Waals surface area contributed by atoms with E-state index in [1.165, 1.54) is 35.2 Å². The molecule has 0 N–H and O–H groups in total. The van der Waals surface area contributed by atoms with Crippen LogP contribution in [0.4, 0.5) is 5.69 Å². The second-order valence-electron chi connectivity index (χ2n) is 10.9. The fraction of sp³-hybridized carbons (Fsp3) is 0.194. The van der Waals surface area contributed by atoms with Crippen LogP contribution in [-0.2, 0) is 4.79 Å². The van der Waals surface area contributed by atoms with Crippen LogP contribution in [0, 0.1) is 10.1 Å². The van der Waals surface area contributed by atoms with E-state index in [1.807, 2.05) is 80.6 Å². The van der Waals surface area contributed by atoms with Crippen LogP contribution in [0.2, 0.25) is 0 Å². The first-order valence-electron chi connectivity index (χ1n) is 15.1. The van der Waals surface area contributed by atoms with E-state index in [0.29, 0.717) is 50.6 Å². The highest BCUT2D eigenvalue weighted by Crippen LogP contribution is 2.40. The first-order chi connectivity index (χ1) is 22.7. The van der Waals surface area contributed by atoms with Crippen LogP contribution in [0.5, 0.6) is 5.75 Å². The summed E-state index contributed by atoms with van der Waals surface area (Å²) in [6.07, 6.45) is 1.69. The van der Waals surface area contributed by atoms with Crippen LogP contribution in [0.1, 0.15) is 37.9 Å². The van der Waals surface area contributed by atoms with Crippen molar-refractivity contribution < 1.29 is 14.5 Å². The zero-order valence-corrected chi connectivity index (χ0v) is 27.9. The van der Waals surface area contributed by atoms with Gasteiger partial charge in [0.2, 0.25) is 0 Å². The number of carbonyl (C=O) groups is 1. The van der Waals surface area contributed by atoms with E-state index >= 15 is 0 Å². The van der Waals surface area contributed by atoms with Gasteiger partial charge >= 0.3 is 0 Å². The van der Waals surface area contributed by atoms with Gasteiger partial charge in [-0.1, -0.05) is 71.6 Å². The second-order valence-corrected chi connectivity index (χ2v) is 13.0. The van der Waals surface area contributed by atoms with Gasteiger partial charge in [0.25, 0.3) is 17.2 Å². The number of likely N-dealkylation sites (N-methyl/N-ethyl adjacent to an activating group) is 1. The zero-order chi connectivity index (χ0) is 33.2. The number of allylic oxidation sites excluding steroid dienone is 1. The fourth-order valence-electron chi connectivity index (χ4n) is 5.90. The molecule has 0 spiro atoms. The predicted octanol–water partition coefficient (Wildman–Crippen LogP) is 6.32. The van der Waals surface area contributed by atoms with Gasteiger partial charge in [-0.05, 0) is 67.4 Å². The molecule has 6 rings (SSSR count). The summed E-state index contributed by atoms with van der Waals surface area (Å²) >= 11 is 2.64. The molecule has 0 saturated carbocycles. The Morgan fingerprint density at radius 3 is 2.49 bits per heavy atom. The van der Waals surface area contributed by atoms with Gasteiger partial charge in [0, 0.05) is 40.6 Å². The number of benzene rings is 4. The number of rotatable bonds is 9. The third-order valence-corrected chi connectivity index (χ3v) is 10.3. The van der Waals surface area contributed by atoms with Crippen molar-refractivity contribution in [2.24, 2.45) is 4.99 Å². The number of non-ortho nitro benzene ring substituents is 1. The van der Waals surface area contributed by atoms with Gasteiger partial charge in [0.15, 0.2) is 4.80 Å². The average molecular weight is 665 g/mol. The Morgan fingerprint density at radius 2 is 1.79 bits per heavy atom. The quantitative estimate of drug-likeness (QED) is 0.135. The van der Waals surface area contributed by atoms with Crippen molar-refractivity contribution in [1.82, 2.24) is 9.47 Å². The first-order valence-corrected chi connectivity index (χ1v) is 16.8. The van der Waals surface area contributed by atoms with Crippen molar-refractivity contribution in [1.29, 1.82) is 0 Å². The summed E-state index contributed by atoms with van der Waals surface area (Å²) in [5, 5.41) is 13.6. The van der Waals surface area contributed by atoms with Crippen molar-refractivity contribution in [3.8, 4) is 5.75 Å². The number of amides is 1. The Bertz CT molecular complexity index is 2240. The maximum Gasteiger partial charge on any atom is 0.271 e. The molecule has 47 heavy (non-hydrogen) atoms. The number of carbonyl (C=O) groups excluding carboxylic acids is 1. The third-order valence-electron chi connectivity index (χ3n) is 8.19. The largest absolute Gasteiger partial charge is 0.496 e. The minimum Gasteiger partial charge on any atom is -0.496 e. The summed E-state index contributed by atoms with van der Waals surface area (Å²) in [6.45, 7) is 6.62. The summed E-state index contributed by atoms with van der Waals surface area (Å²) in [5.74, 6) is 0.341. The third kappa shape index (κ3) is 5.99. The molecule has 1 aliphatic rings. The summed E-state index contributed by atoms with van der Waals surface area (Å²) in [5.41, 5.74) is 1.71. The predicted molar refractivity (Wildman–Crippen MR) is 186 cm³/mol. The Balaban J connectivity index is 1.63. The van der Waals surface area contributed by atoms with Gasteiger partial charge < -0.3 is 9.64 Å². The van der Waals surface area contributed by atoms with Gasteiger partial charge in [0.05, 0.1) is 27.8 Å². The lowest BCUT2D eigenvalue weighted by Gasteiger charge is -2.30. The molecule has 1 atom stereocenters. The smallest absolute Gasteiger partial charge is 0.271 e. The highest BCUT2D eigenvalue weighted by atomic mass is 32.2. The number of aromatic nitrogens is 1. The number of nitro benzene ring substituents is 1. The van der Waals surface area contributed by atoms with E-state index in [9.17, 15) is 19.7 Å². The SMILES string of the molecule is CCN(CC)C(=O)C1=C(C)N=c2s/c(=C\c3cc([N+](=O)[O-])ccc3Sc3ccccc3)c(=O)n2[C@@H]1c1c(OC)ccc2ccccc12. The van der Waals surface area contributed by atoms with Crippen LogP contribution in [-0.4, -0.2) is 40.5 Å². The molecule has 1 aromatic heterocycles. The van der Waals surface area contributed by atoms with E-state index in [-0.39, 0.29) is 17.2 Å². The zero-order valence-electron chi connectivity index (χ0n) is 26.3. The number of nitro groups is 1. The standard InChI is InChI=1S/C36H32N4O5S2/c1-5-38(6-2)35(42)31-22(3)37-36-39(33(31)32-27-15-11-10-12-23(27)16-18-28(32)45-4)34(41)30(47-36)21-24-20-25(40(43)44)17-19-29(24)46-26-13-8-7-9-14-26/h7-21,33H,5-6H2,1-4H3/b30-21-/t33-/m0/s1. The molecule has 238 valence electrons. The highest BCUT2D eigenvalue weighted by molar-refractivity contribution is 7.99. The summed E-state index contributed by atoms with van der Waals surface area (Å²) in [6, 6.07) is 25.1. The average Bonchev–Trinajstić information content (AvgIpc) is 3.38. The van der Waals surface area contributed by atoms with Gasteiger partial charge in [0.1, 0.15) is 11.8 Å². The van der Waals surface area contributed by atoms with Crippen LogP contribution in [0.15, 0.2) is 116 Å². The lowest BCUT2D eigenvalue weighted by molar-refractivity contribution is -0.384. The van der Waals surface area contributed by atoms with Crippen LogP contribution in [0.25, 0.3) is 16.8 Å². The summed E-state index contributed by atoms with van der Waals surface area (Å²) in [4.78, 5) is 48.8. The first kappa shape index (κ1) is 32.0. The van der Waals surface area contributed by atoms with Crippen molar-refractivity contribution in [3.63, 3.8) is 0 Å². The number of thiazole rings is 1. The lowest BCUT2D eigenvalue weighted by atomic mass is 9.90. The molecule has 4 aromatic carbocycles. The van der Waals surface area contributed by atoms with Crippen LogP contribution in [0.3, 0.4) is 0 Å². The molecule has 1 aliphatic heterocycles. The number of hydrogen-bond acceptors (Lipinski definition) is 8. The summed E-state index contributed by atoms with van der Waals surface area (Å²) < 4.78 is 7.80. The molecule has 0 radical (unpaired) electrons. The van der Waals surface area contributed by atoms with Crippen LogP contribution >= 0.6 is 23.1 Å². The molecular formula is C36H32N4O5S2. The molecule has 0 saturated heterocycles. The monoisotopic (exact) mass is 664 g/mol. The van der Waals surface area contributed by atoms with E-state index < -0.39 is 11.0 Å². The van der Waals surface area contributed by atoms with Crippen molar-refractivity contribution in [3.05, 3.63) is 137 Å². The molecule has 0 bridgehead atoms. The van der Waals surface area contributed by atoms with E-state index in [4.69, 9.17) is 9.73 Å². The molecule has 11 heteroatoms.